The predicted octanol–water partition coefficient (Wildman–Crippen LogP) is 4.43. The molecule has 0 aliphatic rings. The highest BCUT2D eigenvalue weighted by atomic mass is 79.9. The SMILES string of the molecule is CCC(CC)Sc1cc(Br)ccc1C(=O)O. The molecule has 0 saturated carbocycles. The van der Waals surface area contributed by atoms with E-state index >= 15 is 0 Å². The van der Waals surface area contributed by atoms with Crippen molar-refractivity contribution in [2.75, 3.05) is 0 Å². The van der Waals surface area contributed by atoms with Gasteiger partial charge in [0.25, 0.3) is 0 Å². The van der Waals surface area contributed by atoms with Crippen LogP contribution in [0.4, 0.5) is 0 Å². The molecule has 0 spiro atoms. The fourth-order valence-corrected chi connectivity index (χ4v) is 3.09. The third kappa shape index (κ3) is 3.52. The van der Waals surface area contributed by atoms with Crippen LogP contribution in [0.3, 0.4) is 0 Å². The third-order valence-corrected chi connectivity index (χ3v) is 4.46. The number of hydrogen-bond acceptors (Lipinski definition) is 2. The quantitative estimate of drug-likeness (QED) is 0.818. The van der Waals surface area contributed by atoms with Gasteiger partial charge in [0.15, 0.2) is 0 Å². The van der Waals surface area contributed by atoms with Gasteiger partial charge < -0.3 is 5.11 Å². The highest BCUT2D eigenvalue weighted by molar-refractivity contribution is 9.10. The van der Waals surface area contributed by atoms with Crippen LogP contribution in [0.2, 0.25) is 0 Å². The van der Waals surface area contributed by atoms with Gasteiger partial charge in [-0.2, -0.15) is 0 Å². The molecule has 0 aliphatic carbocycles. The molecule has 88 valence electrons. The fourth-order valence-electron chi connectivity index (χ4n) is 1.41. The Hall–Kier alpha value is -0.480. The highest BCUT2D eigenvalue weighted by Crippen LogP contribution is 2.32. The Labute approximate surface area is 109 Å². The van der Waals surface area contributed by atoms with Gasteiger partial charge in [0.1, 0.15) is 0 Å². The number of carboxylic acid groups (broad SMARTS) is 1. The summed E-state index contributed by atoms with van der Waals surface area (Å²) >= 11 is 5.02. The normalized spacial score (nSPS) is 10.8. The lowest BCUT2D eigenvalue weighted by molar-refractivity contribution is 0.0693. The number of rotatable bonds is 5. The minimum atomic E-state index is -0.860. The van der Waals surface area contributed by atoms with Gasteiger partial charge in [-0.05, 0) is 31.0 Å². The topological polar surface area (TPSA) is 37.3 Å². The molecule has 0 radical (unpaired) electrons. The van der Waals surface area contributed by atoms with Gasteiger partial charge in [0.2, 0.25) is 0 Å². The maximum atomic E-state index is 11.1. The first-order chi connectivity index (χ1) is 7.58. The molecule has 1 N–H and O–H groups in total. The molecular weight excluding hydrogens is 288 g/mol. The van der Waals surface area contributed by atoms with E-state index in [1.807, 2.05) is 6.07 Å². The second kappa shape index (κ2) is 6.30. The fraction of sp³-hybridized carbons (Fsp3) is 0.417. The Morgan fingerprint density at radius 1 is 1.44 bits per heavy atom. The molecule has 1 aromatic carbocycles. The molecule has 0 bridgehead atoms. The van der Waals surface area contributed by atoms with Crippen molar-refractivity contribution in [1.82, 2.24) is 0 Å². The van der Waals surface area contributed by atoms with E-state index in [0.29, 0.717) is 10.8 Å². The Balaban J connectivity index is 3.00. The van der Waals surface area contributed by atoms with E-state index in [0.717, 1.165) is 22.2 Å². The molecule has 1 rings (SSSR count). The van der Waals surface area contributed by atoms with Crippen LogP contribution in [0, 0.1) is 0 Å². The van der Waals surface area contributed by atoms with E-state index in [-0.39, 0.29) is 0 Å². The molecular formula is C12H15BrO2S. The maximum Gasteiger partial charge on any atom is 0.336 e. The van der Waals surface area contributed by atoms with Gasteiger partial charge in [-0.25, -0.2) is 4.79 Å². The van der Waals surface area contributed by atoms with Crippen molar-refractivity contribution >= 4 is 33.7 Å². The number of halogens is 1. The molecule has 0 heterocycles. The summed E-state index contributed by atoms with van der Waals surface area (Å²) in [6.45, 7) is 4.25. The third-order valence-electron chi connectivity index (χ3n) is 2.38. The summed E-state index contributed by atoms with van der Waals surface area (Å²) in [7, 11) is 0. The number of carbonyl (C=O) groups is 1. The van der Waals surface area contributed by atoms with E-state index < -0.39 is 5.97 Å². The highest BCUT2D eigenvalue weighted by Gasteiger charge is 2.14. The number of benzene rings is 1. The van der Waals surface area contributed by atoms with Crippen molar-refractivity contribution in [3.8, 4) is 0 Å². The Bertz CT molecular complexity index is 375. The average molecular weight is 303 g/mol. The zero-order valence-corrected chi connectivity index (χ0v) is 11.8. The zero-order valence-electron chi connectivity index (χ0n) is 9.37. The van der Waals surface area contributed by atoms with Crippen LogP contribution in [0.25, 0.3) is 0 Å². The summed E-state index contributed by atoms with van der Waals surface area (Å²) in [6, 6.07) is 5.30. The Morgan fingerprint density at radius 3 is 2.56 bits per heavy atom. The molecule has 4 heteroatoms. The van der Waals surface area contributed by atoms with Crippen molar-refractivity contribution in [2.24, 2.45) is 0 Å². The number of carboxylic acids is 1. The summed E-state index contributed by atoms with van der Waals surface area (Å²) in [5.41, 5.74) is 0.389. The van der Waals surface area contributed by atoms with Crippen molar-refractivity contribution in [2.45, 2.75) is 36.8 Å². The van der Waals surface area contributed by atoms with E-state index in [9.17, 15) is 4.79 Å². The van der Waals surface area contributed by atoms with Gasteiger partial charge in [0.05, 0.1) is 5.56 Å². The van der Waals surface area contributed by atoms with Crippen molar-refractivity contribution in [3.63, 3.8) is 0 Å². The van der Waals surface area contributed by atoms with Crippen LogP contribution in [0.15, 0.2) is 27.6 Å². The minimum Gasteiger partial charge on any atom is -0.478 e. The molecule has 0 atom stereocenters. The van der Waals surface area contributed by atoms with Gasteiger partial charge in [-0.3, -0.25) is 0 Å². The molecule has 0 unspecified atom stereocenters. The van der Waals surface area contributed by atoms with Gasteiger partial charge in [-0.1, -0.05) is 29.8 Å². The van der Waals surface area contributed by atoms with Crippen molar-refractivity contribution < 1.29 is 9.90 Å². The predicted molar refractivity (Wildman–Crippen MR) is 71.3 cm³/mol. The van der Waals surface area contributed by atoms with E-state index in [2.05, 4.69) is 29.8 Å². The Kier molecular flexibility index (Phi) is 5.35. The maximum absolute atomic E-state index is 11.1. The second-order valence-electron chi connectivity index (χ2n) is 3.50. The summed E-state index contributed by atoms with van der Waals surface area (Å²) in [4.78, 5) is 11.9. The first-order valence-corrected chi connectivity index (χ1v) is 6.95. The number of thioether (sulfide) groups is 1. The zero-order chi connectivity index (χ0) is 12.1. The first kappa shape index (κ1) is 13.6. The van der Waals surface area contributed by atoms with Crippen molar-refractivity contribution in [1.29, 1.82) is 0 Å². The lowest BCUT2D eigenvalue weighted by Crippen LogP contribution is -2.03. The van der Waals surface area contributed by atoms with Crippen molar-refractivity contribution in [3.05, 3.63) is 28.2 Å². The first-order valence-electron chi connectivity index (χ1n) is 5.28. The van der Waals surface area contributed by atoms with Crippen LogP contribution in [0.5, 0.6) is 0 Å². The summed E-state index contributed by atoms with van der Waals surface area (Å²) in [6.07, 6.45) is 2.10. The van der Waals surface area contributed by atoms with Gasteiger partial charge in [-0.15, -0.1) is 11.8 Å². The van der Waals surface area contributed by atoms with Gasteiger partial charge >= 0.3 is 5.97 Å². The van der Waals surface area contributed by atoms with Crippen LogP contribution >= 0.6 is 27.7 Å². The largest absolute Gasteiger partial charge is 0.478 e. The van der Waals surface area contributed by atoms with E-state index in [1.54, 1.807) is 23.9 Å². The standard InChI is InChI=1S/C12H15BrO2S/c1-3-9(4-2)16-11-7-8(13)5-6-10(11)12(14)15/h5-7,9H,3-4H2,1-2H3,(H,14,15). The second-order valence-corrected chi connectivity index (χ2v) is 5.76. The monoisotopic (exact) mass is 302 g/mol. The molecule has 0 amide bonds. The summed E-state index contributed by atoms with van der Waals surface area (Å²) in [5.74, 6) is -0.860. The number of hydrogen-bond donors (Lipinski definition) is 1. The summed E-state index contributed by atoms with van der Waals surface area (Å²) < 4.78 is 0.922. The van der Waals surface area contributed by atoms with E-state index in [4.69, 9.17) is 5.11 Å². The molecule has 0 fully saturated rings. The smallest absolute Gasteiger partial charge is 0.336 e. The summed E-state index contributed by atoms with van der Waals surface area (Å²) in [5, 5.41) is 9.57. The molecule has 2 nitrogen and oxygen atoms in total. The molecule has 0 saturated heterocycles. The number of aromatic carboxylic acids is 1. The van der Waals surface area contributed by atoms with Crippen LogP contribution in [-0.4, -0.2) is 16.3 Å². The lowest BCUT2D eigenvalue weighted by Gasteiger charge is -2.13. The van der Waals surface area contributed by atoms with E-state index in [1.165, 1.54) is 0 Å². The molecule has 16 heavy (non-hydrogen) atoms. The van der Waals surface area contributed by atoms with Crippen LogP contribution in [-0.2, 0) is 0 Å². The molecule has 0 aliphatic heterocycles. The lowest BCUT2D eigenvalue weighted by atomic mass is 10.2. The minimum absolute atomic E-state index is 0.389. The molecule has 0 aromatic heterocycles. The Morgan fingerprint density at radius 2 is 2.06 bits per heavy atom. The van der Waals surface area contributed by atoms with Gasteiger partial charge in [0, 0.05) is 14.6 Å². The average Bonchev–Trinajstić information content (AvgIpc) is 2.25. The molecule has 1 aromatic rings. The van der Waals surface area contributed by atoms with Crippen LogP contribution in [0.1, 0.15) is 37.0 Å². The van der Waals surface area contributed by atoms with Crippen LogP contribution < -0.4 is 0 Å².